The van der Waals surface area contributed by atoms with Gasteiger partial charge in [-0.1, -0.05) is 12.1 Å². The van der Waals surface area contributed by atoms with E-state index in [2.05, 4.69) is 5.32 Å². The van der Waals surface area contributed by atoms with Crippen molar-refractivity contribution in [2.75, 3.05) is 18.9 Å². The predicted octanol–water partition coefficient (Wildman–Crippen LogP) is 4.16. The summed E-state index contributed by atoms with van der Waals surface area (Å²) in [5, 5.41) is 3.31. The minimum atomic E-state index is -0.901. The third kappa shape index (κ3) is 2.98. The molecule has 0 aliphatic carbocycles. The van der Waals surface area contributed by atoms with Crippen LogP contribution >= 0.6 is 0 Å². The second kappa shape index (κ2) is 6.59. The summed E-state index contributed by atoms with van der Waals surface area (Å²) in [6.07, 6.45) is 1.84. The molecular weight excluding hydrogens is 310 g/mol. The Kier molecular flexibility index (Phi) is 4.51. The highest BCUT2D eigenvalue weighted by molar-refractivity contribution is 5.97. The van der Waals surface area contributed by atoms with Gasteiger partial charge in [0.25, 0.3) is 5.91 Å². The van der Waals surface area contributed by atoms with Crippen molar-refractivity contribution in [3.05, 3.63) is 64.7 Å². The molecule has 1 aliphatic rings. The normalized spacial score (nSPS) is 14.5. The lowest BCUT2D eigenvalue weighted by Crippen LogP contribution is -2.31. The number of rotatable bonds is 3. The molecule has 0 fully saturated rings. The highest BCUT2D eigenvalue weighted by Crippen LogP contribution is 2.28. The number of nitrogens with one attached hydrogen (secondary N) is 1. The molecule has 1 amide bonds. The first-order valence-corrected chi connectivity index (χ1v) is 8.07. The maximum Gasteiger partial charge on any atom is 0.254 e. The van der Waals surface area contributed by atoms with Gasteiger partial charge in [-0.2, -0.15) is 0 Å². The molecule has 2 aromatic carbocycles. The van der Waals surface area contributed by atoms with Crippen LogP contribution in [-0.4, -0.2) is 24.4 Å². The summed E-state index contributed by atoms with van der Waals surface area (Å²) >= 11 is 0. The van der Waals surface area contributed by atoms with E-state index in [1.807, 2.05) is 18.2 Å². The smallest absolute Gasteiger partial charge is 0.254 e. The minimum absolute atomic E-state index is 0.118. The maximum atomic E-state index is 13.5. The first kappa shape index (κ1) is 16.4. The molecule has 2 aromatic rings. The number of nitrogens with zero attached hydrogens (tertiary/aromatic N) is 1. The van der Waals surface area contributed by atoms with Crippen LogP contribution in [0.4, 0.5) is 14.5 Å². The molecule has 0 aromatic heterocycles. The fourth-order valence-corrected chi connectivity index (χ4v) is 3.07. The molecule has 0 bridgehead atoms. The van der Waals surface area contributed by atoms with E-state index in [0.29, 0.717) is 11.1 Å². The third-order valence-corrected chi connectivity index (χ3v) is 4.65. The van der Waals surface area contributed by atoms with Crippen molar-refractivity contribution in [3.8, 4) is 0 Å². The Hall–Kier alpha value is -2.43. The molecule has 1 unspecified atom stereocenters. The van der Waals surface area contributed by atoms with E-state index in [1.54, 1.807) is 18.9 Å². The van der Waals surface area contributed by atoms with Crippen LogP contribution in [0.15, 0.2) is 36.4 Å². The van der Waals surface area contributed by atoms with Gasteiger partial charge in [0.2, 0.25) is 0 Å². The Morgan fingerprint density at radius 2 is 2.00 bits per heavy atom. The zero-order chi connectivity index (χ0) is 17.3. The number of amides is 1. The van der Waals surface area contributed by atoms with Crippen LogP contribution in [0.2, 0.25) is 0 Å². The summed E-state index contributed by atoms with van der Waals surface area (Å²) in [6, 6.07) is 9.04. The largest absolute Gasteiger partial charge is 0.385 e. The number of benzene rings is 2. The van der Waals surface area contributed by atoms with Crippen molar-refractivity contribution in [1.82, 2.24) is 4.90 Å². The Morgan fingerprint density at radius 3 is 2.75 bits per heavy atom. The number of hydrogen-bond acceptors (Lipinski definition) is 2. The van der Waals surface area contributed by atoms with Crippen LogP contribution in [0.1, 0.15) is 40.9 Å². The van der Waals surface area contributed by atoms with E-state index in [0.717, 1.165) is 42.8 Å². The Labute approximate surface area is 140 Å². The molecule has 0 spiro atoms. The fourth-order valence-electron chi connectivity index (χ4n) is 3.07. The van der Waals surface area contributed by atoms with E-state index < -0.39 is 11.6 Å². The molecule has 24 heavy (non-hydrogen) atoms. The number of carbonyl (C=O) groups excluding carboxylic acids is 1. The fraction of sp³-hybridized carbons (Fsp3) is 0.316. The average Bonchev–Trinajstić information content (AvgIpc) is 2.61. The highest BCUT2D eigenvalue weighted by atomic mass is 19.2. The van der Waals surface area contributed by atoms with Gasteiger partial charge in [0, 0.05) is 24.8 Å². The van der Waals surface area contributed by atoms with Crippen molar-refractivity contribution in [1.29, 1.82) is 0 Å². The lowest BCUT2D eigenvalue weighted by Gasteiger charge is -2.28. The van der Waals surface area contributed by atoms with Crippen LogP contribution in [-0.2, 0) is 6.42 Å². The van der Waals surface area contributed by atoms with Crippen LogP contribution in [0.3, 0.4) is 0 Å². The third-order valence-electron chi connectivity index (χ3n) is 4.65. The van der Waals surface area contributed by atoms with E-state index in [9.17, 15) is 13.6 Å². The SMILES string of the molecule is CC(c1ccc(F)c(F)c1)N(C)C(=O)c1cccc2c1CCCN2. The lowest BCUT2D eigenvalue weighted by atomic mass is 9.96. The molecular formula is C19H20F2N2O. The van der Waals surface area contributed by atoms with Gasteiger partial charge in [-0.3, -0.25) is 4.79 Å². The second-order valence-corrected chi connectivity index (χ2v) is 6.13. The number of carbonyl (C=O) groups is 1. The molecule has 1 N–H and O–H groups in total. The zero-order valence-electron chi connectivity index (χ0n) is 13.8. The molecule has 1 atom stereocenters. The summed E-state index contributed by atoms with van der Waals surface area (Å²) in [5.74, 6) is -1.91. The Morgan fingerprint density at radius 1 is 1.21 bits per heavy atom. The Bertz CT molecular complexity index is 776. The monoisotopic (exact) mass is 330 g/mol. The van der Waals surface area contributed by atoms with Gasteiger partial charge < -0.3 is 10.2 Å². The first-order chi connectivity index (χ1) is 11.5. The number of anilines is 1. The van der Waals surface area contributed by atoms with E-state index in [-0.39, 0.29) is 11.9 Å². The number of hydrogen-bond donors (Lipinski definition) is 1. The number of halogens is 2. The van der Waals surface area contributed by atoms with Gasteiger partial charge in [-0.05, 0) is 55.2 Å². The van der Waals surface area contributed by atoms with Gasteiger partial charge in [0.15, 0.2) is 11.6 Å². The molecule has 3 rings (SSSR count). The molecule has 1 heterocycles. The van der Waals surface area contributed by atoms with Gasteiger partial charge in [-0.15, -0.1) is 0 Å². The summed E-state index contributed by atoms with van der Waals surface area (Å²) in [4.78, 5) is 14.5. The summed E-state index contributed by atoms with van der Waals surface area (Å²) < 4.78 is 26.6. The molecule has 0 saturated heterocycles. The summed E-state index contributed by atoms with van der Waals surface area (Å²) in [6.45, 7) is 2.71. The Balaban J connectivity index is 1.88. The predicted molar refractivity (Wildman–Crippen MR) is 90.1 cm³/mol. The quantitative estimate of drug-likeness (QED) is 0.917. The van der Waals surface area contributed by atoms with Crippen molar-refractivity contribution in [2.45, 2.75) is 25.8 Å². The molecule has 3 nitrogen and oxygen atoms in total. The van der Waals surface area contributed by atoms with Crippen LogP contribution < -0.4 is 5.32 Å². The van der Waals surface area contributed by atoms with Crippen molar-refractivity contribution in [3.63, 3.8) is 0 Å². The van der Waals surface area contributed by atoms with Crippen molar-refractivity contribution in [2.24, 2.45) is 0 Å². The van der Waals surface area contributed by atoms with Crippen LogP contribution in [0.25, 0.3) is 0 Å². The summed E-state index contributed by atoms with van der Waals surface area (Å²) in [7, 11) is 1.68. The van der Waals surface area contributed by atoms with Gasteiger partial charge in [-0.25, -0.2) is 8.78 Å². The standard InChI is InChI=1S/C19H20F2N2O/c1-12(13-8-9-16(20)17(21)11-13)23(2)19(24)15-5-3-7-18-14(15)6-4-10-22-18/h3,5,7-9,11-12,22H,4,6,10H2,1-2H3. The second-order valence-electron chi connectivity index (χ2n) is 6.13. The first-order valence-electron chi connectivity index (χ1n) is 8.07. The molecule has 0 saturated carbocycles. The van der Waals surface area contributed by atoms with Gasteiger partial charge >= 0.3 is 0 Å². The molecule has 1 aliphatic heterocycles. The van der Waals surface area contributed by atoms with E-state index in [1.165, 1.54) is 6.07 Å². The topological polar surface area (TPSA) is 32.3 Å². The summed E-state index contributed by atoms with van der Waals surface area (Å²) in [5.41, 5.74) is 3.25. The minimum Gasteiger partial charge on any atom is -0.385 e. The highest BCUT2D eigenvalue weighted by Gasteiger charge is 2.24. The molecule has 126 valence electrons. The maximum absolute atomic E-state index is 13.5. The van der Waals surface area contributed by atoms with Crippen LogP contribution in [0.5, 0.6) is 0 Å². The molecule has 0 radical (unpaired) electrons. The van der Waals surface area contributed by atoms with Crippen LogP contribution in [0, 0.1) is 11.6 Å². The van der Waals surface area contributed by atoms with Gasteiger partial charge in [0.1, 0.15) is 0 Å². The lowest BCUT2D eigenvalue weighted by molar-refractivity contribution is 0.0741. The molecule has 5 heteroatoms. The van der Waals surface area contributed by atoms with Crippen molar-refractivity contribution < 1.29 is 13.6 Å². The zero-order valence-corrected chi connectivity index (χ0v) is 13.8. The average molecular weight is 330 g/mol. The van der Waals surface area contributed by atoms with Crippen molar-refractivity contribution >= 4 is 11.6 Å². The van der Waals surface area contributed by atoms with Gasteiger partial charge in [0.05, 0.1) is 6.04 Å². The van der Waals surface area contributed by atoms with E-state index in [4.69, 9.17) is 0 Å². The van der Waals surface area contributed by atoms with E-state index >= 15 is 0 Å². The number of fused-ring (bicyclic) bond motifs is 1.